The van der Waals surface area contributed by atoms with Gasteiger partial charge in [0.15, 0.2) is 0 Å². The lowest BCUT2D eigenvalue weighted by molar-refractivity contribution is -0.140. The van der Waals surface area contributed by atoms with E-state index in [9.17, 15) is 13.2 Å². The Morgan fingerprint density at radius 2 is 1.39 bits per heavy atom. The first-order valence-electron chi connectivity index (χ1n) is 10.8. The first-order valence-corrected chi connectivity index (χ1v) is 12.3. The first kappa shape index (κ1) is 26.4. The standard InChI is InChI=1S/C25H33NO6S/c1-5-6-7-24(16-17-25(27)32-4)33(28,29)26(18-20-8-12-22(30-2)13-9-20)19-21-10-14-23(31-3)15-11-21/h5,8-15,24H,1,6-7,16-19H2,2-4H3/t24-/m1/s1. The Kier molecular flexibility index (Phi) is 10.4. The molecule has 0 aromatic heterocycles. The zero-order chi connectivity index (χ0) is 24.3. The molecular formula is C25H33NO6S. The second-order valence-corrected chi connectivity index (χ2v) is 9.83. The topological polar surface area (TPSA) is 82.1 Å². The highest BCUT2D eigenvalue weighted by Crippen LogP contribution is 2.25. The second kappa shape index (κ2) is 13.0. The molecule has 1 atom stereocenters. The third-order valence-corrected chi connectivity index (χ3v) is 7.70. The number of benzene rings is 2. The van der Waals surface area contributed by atoms with Gasteiger partial charge in [0.2, 0.25) is 10.0 Å². The summed E-state index contributed by atoms with van der Waals surface area (Å²) in [7, 11) is 0.718. The molecule has 2 aromatic rings. The molecule has 2 aromatic carbocycles. The van der Waals surface area contributed by atoms with Crippen LogP contribution in [0.5, 0.6) is 11.5 Å². The van der Waals surface area contributed by atoms with Crippen LogP contribution in [0.4, 0.5) is 0 Å². The summed E-state index contributed by atoms with van der Waals surface area (Å²) in [6.45, 7) is 4.11. The van der Waals surface area contributed by atoms with Crippen LogP contribution in [-0.2, 0) is 32.6 Å². The summed E-state index contributed by atoms with van der Waals surface area (Å²) in [6, 6.07) is 14.6. The van der Waals surface area contributed by atoms with Gasteiger partial charge in [0.1, 0.15) is 11.5 Å². The molecule has 0 heterocycles. The van der Waals surface area contributed by atoms with Crippen molar-refractivity contribution in [3.05, 3.63) is 72.3 Å². The van der Waals surface area contributed by atoms with Crippen LogP contribution in [0.3, 0.4) is 0 Å². The number of nitrogens with zero attached hydrogens (tertiary/aromatic N) is 1. The normalized spacial score (nSPS) is 12.2. The Morgan fingerprint density at radius 3 is 1.79 bits per heavy atom. The van der Waals surface area contributed by atoms with Crippen LogP contribution in [0, 0.1) is 0 Å². The van der Waals surface area contributed by atoms with Crippen molar-refractivity contribution in [1.82, 2.24) is 4.31 Å². The first-order chi connectivity index (χ1) is 15.8. The van der Waals surface area contributed by atoms with Crippen molar-refractivity contribution in [2.75, 3.05) is 21.3 Å². The molecule has 180 valence electrons. The van der Waals surface area contributed by atoms with E-state index in [4.69, 9.17) is 14.2 Å². The Bertz CT molecular complexity index is 937. The van der Waals surface area contributed by atoms with E-state index < -0.39 is 21.2 Å². The SMILES string of the molecule is C=CCC[C@H](CCC(=O)OC)S(=O)(=O)N(Cc1ccc(OC)cc1)Cc1ccc(OC)cc1. The van der Waals surface area contributed by atoms with E-state index in [1.165, 1.54) is 11.4 Å². The molecule has 0 radical (unpaired) electrons. The summed E-state index contributed by atoms with van der Waals surface area (Å²) < 4.78 is 44.2. The highest BCUT2D eigenvalue weighted by atomic mass is 32.2. The molecule has 0 saturated carbocycles. The molecule has 0 bridgehead atoms. The zero-order valence-electron chi connectivity index (χ0n) is 19.5. The fraction of sp³-hybridized carbons (Fsp3) is 0.400. The molecule has 0 saturated heterocycles. The number of rotatable bonds is 14. The molecule has 0 spiro atoms. The highest BCUT2D eigenvalue weighted by molar-refractivity contribution is 7.89. The van der Waals surface area contributed by atoms with Crippen molar-refractivity contribution in [2.24, 2.45) is 0 Å². The lowest BCUT2D eigenvalue weighted by Crippen LogP contribution is -2.38. The maximum Gasteiger partial charge on any atom is 0.305 e. The van der Waals surface area contributed by atoms with Gasteiger partial charge in [-0.05, 0) is 54.7 Å². The highest BCUT2D eigenvalue weighted by Gasteiger charge is 2.32. The molecule has 0 aliphatic heterocycles. The van der Waals surface area contributed by atoms with Gasteiger partial charge in [-0.3, -0.25) is 4.79 Å². The molecule has 0 aliphatic rings. The van der Waals surface area contributed by atoms with E-state index in [1.807, 2.05) is 24.3 Å². The largest absolute Gasteiger partial charge is 0.497 e. The van der Waals surface area contributed by atoms with Crippen molar-refractivity contribution in [3.63, 3.8) is 0 Å². The van der Waals surface area contributed by atoms with Crippen LogP contribution in [0.15, 0.2) is 61.2 Å². The van der Waals surface area contributed by atoms with Crippen molar-refractivity contribution >= 4 is 16.0 Å². The van der Waals surface area contributed by atoms with Crippen molar-refractivity contribution < 1.29 is 27.4 Å². The van der Waals surface area contributed by atoms with Gasteiger partial charge >= 0.3 is 5.97 Å². The number of hydrogen-bond donors (Lipinski definition) is 0. The quantitative estimate of drug-likeness (QED) is 0.299. The lowest BCUT2D eigenvalue weighted by Gasteiger charge is -2.28. The Balaban J connectivity index is 2.36. The Labute approximate surface area is 197 Å². The van der Waals surface area contributed by atoms with E-state index in [0.29, 0.717) is 24.3 Å². The molecule has 33 heavy (non-hydrogen) atoms. The monoisotopic (exact) mass is 475 g/mol. The maximum absolute atomic E-state index is 13.8. The van der Waals surface area contributed by atoms with Crippen LogP contribution in [-0.4, -0.2) is 45.3 Å². The lowest BCUT2D eigenvalue weighted by atomic mass is 10.1. The number of sulfonamides is 1. The average Bonchev–Trinajstić information content (AvgIpc) is 2.84. The van der Waals surface area contributed by atoms with Crippen LogP contribution in [0.25, 0.3) is 0 Å². The summed E-state index contributed by atoms with van der Waals surface area (Å²) >= 11 is 0. The van der Waals surface area contributed by atoms with Gasteiger partial charge in [-0.1, -0.05) is 30.3 Å². The van der Waals surface area contributed by atoms with Crippen molar-refractivity contribution in [3.8, 4) is 11.5 Å². The Morgan fingerprint density at radius 1 is 0.909 bits per heavy atom. The molecule has 0 fully saturated rings. The number of allylic oxidation sites excluding steroid dienone is 1. The Hall–Kier alpha value is -2.84. The number of esters is 1. The fourth-order valence-corrected chi connectivity index (χ4v) is 5.37. The summed E-state index contributed by atoms with van der Waals surface area (Å²) in [4.78, 5) is 11.7. The van der Waals surface area contributed by atoms with E-state index in [1.54, 1.807) is 44.6 Å². The minimum atomic E-state index is -3.75. The minimum absolute atomic E-state index is 0.0381. The van der Waals surface area contributed by atoms with Gasteiger partial charge in [-0.2, -0.15) is 4.31 Å². The van der Waals surface area contributed by atoms with Gasteiger partial charge in [0, 0.05) is 19.5 Å². The van der Waals surface area contributed by atoms with Gasteiger partial charge in [-0.15, -0.1) is 6.58 Å². The fourth-order valence-electron chi connectivity index (χ4n) is 3.44. The smallest absolute Gasteiger partial charge is 0.305 e. The molecule has 0 unspecified atom stereocenters. The molecular weight excluding hydrogens is 442 g/mol. The summed E-state index contributed by atoms with van der Waals surface area (Å²) in [5, 5.41) is -0.730. The van der Waals surface area contributed by atoms with E-state index >= 15 is 0 Å². The molecule has 0 aliphatic carbocycles. The van der Waals surface area contributed by atoms with E-state index in [0.717, 1.165) is 11.1 Å². The maximum atomic E-state index is 13.8. The number of ether oxygens (including phenoxy) is 3. The van der Waals surface area contributed by atoms with Crippen LogP contribution < -0.4 is 9.47 Å². The van der Waals surface area contributed by atoms with Gasteiger partial charge < -0.3 is 14.2 Å². The molecule has 8 heteroatoms. The minimum Gasteiger partial charge on any atom is -0.497 e. The molecule has 0 amide bonds. The van der Waals surface area contributed by atoms with Crippen LogP contribution in [0.1, 0.15) is 36.8 Å². The van der Waals surface area contributed by atoms with Crippen molar-refractivity contribution in [1.29, 1.82) is 0 Å². The predicted octanol–water partition coefficient (Wildman–Crippen LogP) is 4.32. The van der Waals surface area contributed by atoms with E-state index in [-0.39, 0.29) is 25.9 Å². The van der Waals surface area contributed by atoms with Gasteiger partial charge in [-0.25, -0.2) is 8.42 Å². The third-order valence-electron chi connectivity index (χ3n) is 5.41. The molecule has 7 nitrogen and oxygen atoms in total. The zero-order valence-corrected chi connectivity index (χ0v) is 20.3. The van der Waals surface area contributed by atoms with Crippen LogP contribution >= 0.6 is 0 Å². The molecule has 0 N–H and O–H groups in total. The van der Waals surface area contributed by atoms with Crippen molar-refractivity contribution in [2.45, 2.75) is 44.0 Å². The van der Waals surface area contributed by atoms with Crippen LogP contribution in [0.2, 0.25) is 0 Å². The van der Waals surface area contributed by atoms with Gasteiger partial charge in [0.25, 0.3) is 0 Å². The number of carbonyl (C=O) groups excluding carboxylic acids is 1. The van der Waals surface area contributed by atoms with E-state index in [2.05, 4.69) is 6.58 Å². The number of carbonyl (C=O) groups is 1. The number of hydrogen-bond acceptors (Lipinski definition) is 6. The van der Waals surface area contributed by atoms with Gasteiger partial charge in [0.05, 0.1) is 26.6 Å². The summed E-state index contributed by atoms with van der Waals surface area (Å²) in [5.41, 5.74) is 1.67. The average molecular weight is 476 g/mol. The third kappa shape index (κ3) is 7.91. The summed E-state index contributed by atoms with van der Waals surface area (Å²) in [5.74, 6) is 0.973. The predicted molar refractivity (Wildman–Crippen MR) is 129 cm³/mol. The number of methoxy groups -OCH3 is 3. The summed E-state index contributed by atoms with van der Waals surface area (Å²) in [6.07, 6.45) is 2.83. The second-order valence-electron chi connectivity index (χ2n) is 7.61. The molecule has 2 rings (SSSR count).